The molecular weight excluding hydrogens is 225 g/mol. The first-order chi connectivity index (χ1) is 8.79. The maximum Gasteiger partial charge on any atom is 0.123 e. The first-order valence-electron chi connectivity index (χ1n) is 6.31. The third kappa shape index (κ3) is 1.83. The molecule has 1 nitrogen and oxygen atoms in total. The number of hydrogen-bond donors (Lipinski definition) is 1. The number of rotatable bonds is 2. The molecule has 2 atom stereocenters. The summed E-state index contributed by atoms with van der Waals surface area (Å²) in [4.78, 5) is 0. The summed E-state index contributed by atoms with van der Waals surface area (Å²) in [6.45, 7) is 0. The van der Waals surface area contributed by atoms with Crippen LogP contribution in [0.2, 0.25) is 0 Å². The van der Waals surface area contributed by atoms with Crippen LogP contribution >= 0.6 is 0 Å². The van der Waals surface area contributed by atoms with Crippen molar-refractivity contribution in [2.75, 3.05) is 7.05 Å². The highest BCUT2D eigenvalue weighted by Gasteiger charge is 2.30. The van der Waals surface area contributed by atoms with Crippen molar-refractivity contribution in [1.82, 2.24) is 5.32 Å². The maximum atomic E-state index is 13.0. The summed E-state index contributed by atoms with van der Waals surface area (Å²) < 4.78 is 13.0. The lowest BCUT2D eigenvalue weighted by Gasteiger charge is -2.12. The van der Waals surface area contributed by atoms with Crippen molar-refractivity contribution >= 4 is 0 Å². The van der Waals surface area contributed by atoms with Crippen LogP contribution in [0.4, 0.5) is 4.39 Å². The number of hydrogen-bond acceptors (Lipinski definition) is 1. The molecule has 0 saturated carbocycles. The minimum atomic E-state index is -0.171. The van der Waals surface area contributed by atoms with Crippen LogP contribution in [0.5, 0.6) is 0 Å². The van der Waals surface area contributed by atoms with E-state index in [1.54, 1.807) is 12.1 Å². The summed E-state index contributed by atoms with van der Waals surface area (Å²) in [7, 11) is 1.99. The fourth-order valence-corrected chi connectivity index (χ4v) is 2.92. The Morgan fingerprint density at radius 2 is 1.67 bits per heavy atom. The minimum Gasteiger partial charge on any atom is -0.313 e. The average molecular weight is 241 g/mol. The Bertz CT molecular complexity index is 547. The van der Waals surface area contributed by atoms with Gasteiger partial charge < -0.3 is 5.32 Å². The molecule has 1 aliphatic carbocycles. The molecule has 0 amide bonds. The van der Waals surface area contributed by atoms with E-state index in [0.717, 1.165) is 6.42 Å². The van der Waals surface area contributed by atoms with Crippen LogP contribution in [0.3, 0.4) is 0 Å². The molecule has 2 aromatic carbocycles. The molecule has 0 heterocycles. The zero-order valence-electron chi connectivity index (χ0n) is 10.4. The summed E-state index contributed by atoms with van der Waals surface area (Å²) in [6, 6.07) is 15.8. The van der Waals surface area contributed by atoms with Gasteiger partial charge in [0.15, 0.2) is 0 Å². The van der Waals surface area contributed by atoms with Crippen LogP contribution in [0.1, 0.15) is 35.1 Å². The summed E-state index contributed by atoms with van der Waals surface area (Å²) in [5, 5.41) is 3.36. The predicted octanol–water partition coefficient (Wildman–Crippen LogP) is 3.62. The van der Waals surface area contributed by atoms with Gasteiger partial charge in [0.1, 0.15) is 5.82 Å². The molecule has 2 heteroatoms. The first kappa shape index (κ1) is 11.4. The van der Waals surface area contributed by atoms with E-state index in [2.05, 4.69) is 29.6 Å². The molecule has 0 aliphatic heterocycles. The van der Waals surface area contributed by atoms with Gasteiger partial charge in [0.2, 0.25) is 0 Å². The summed E-state index contributed by atoms with van der Waals surface area (Å²) in [5.41, 5.74) is 3.93. The van der Waals surface area contributed by atoms with Crippen molar-refractivity contribution in [3.63, 3.8) is 0 Å². The van der Waals surface area contributed by atoms with Gasteiger partial charge in [-0.1, -0.05) is 36.4 Å². The highest BCUT2D eigenvalue weighted by Crippen LogP contribution is 2.43. The van der Waals surface area contributed by atoms with Crippen LogP contribution in [-0.2, 0) is 0 Å². The van der Waals surface area contributed by atoms with Gasteiger partial charge in [-0.05, 0) is 42.3 Å². The van der Waals surface area contributed by atoms with Gasteiger partial charge in [-0.25, -0.2) is 4.39 Å². The molecule has 0 aromatic heterocycles. The molecule has 1 aliphatic rings. The third-order valence-corrected chi connectivity index (χ3v) is 3.84. The van der Waals surface area contributed by atoms with E-state index in [0.29, 0.717) is 12.0 Å². The molecule has 1 N–H and O–H groups in total. The van der Waals surface area contributed by atoms with Crippen molar-refractivity contribution in [1.29, 1.82) is 0 Å². The molecule has 92 valence electrons. The SMILES string of the molecule is CN[C@@H]1C[C@@H](c2ccc(F)cc2)c2ccccc21. The number of fused-ring (bicyclic) bond motifs is 1. The highest BCUT2D eigenvalue weighted by atomic mass is 19.1. The quantitative estimate of drug-likeness (QED) is 0.846. The summed E-state index contributed by atoms with van der Waals surface area (Å²) >= 11 is 0. The van der Waals surface area contributed by atoms with Crippen molar-refractivity contribution in [3.05, 3.63) is 71.0 Å². The van der Waals surface area contributed by atoms with E-state index in [9.17, 15) is 4.39 Å². The summed E-state index contributed by atoms with van der Waals surface area (Å²) in [5.74, 6) is 0.203. The maximum absolute atomic E-state index is 13.0. The molecular formula is C16H16FN. The van der Waals surface area contributed by atoms with Crippen LogP contribution in [0.15, 0.2) is 48.5 Å². The second-order valence-electron chi connectivity index (χ2n) is 4.81. The van der Waals surface area contributed by atoms with E-state index in [1.807, 2.05) is 19.2 Å². The lowest BCUT2D eigenvalue weighted by Crippen LogP contribution is -2.13. The Morgan fingerprint density at radius 3 is 2.33 bits per heavy atom. The molecule has 0 radical (unpaired) electrons. The largest absolute Gasteiger partial charge is 0.313 e. The van der Waals surface area contributed by atoms with Gasteiger partial charge in [0.25, 0.3) is 0 Å². The first-order valence-corrected chi connectivity index (χ1v) is 6.31. The number of benzene rings is 2. The second kappa shape index (κ2) is 4.54. The molecule has 0 fully saturated rings. The van der Waals surface area contributed by atoms with Crippen LogP contribution < -0.4 is 5.32 Å². The van der Waals surface area contributed by atoms with Gasteiger partial charge in [0.05, 0.1) is 0 Å². The lowest BCUT2D eigenvalue weighted by atomic mass is 9.93. The molecule has 3 rings (SSSR count). The van der Waals surface area contributed by atoms with Gasteiger partial charge in [0, 0.05) is 12.0 Å². The third-order valence-electron chi connectivity index (χ3n) is 3.84. The Hall–Kier alpha value is -1.67. The fraction of sp³-hybridized carbons (Fsp3) is 0.250. The minimum absolute atomic E-state index is 0.171. The fourth-order valence-electron chi connectivity index (χ4n) is 2.92. The van der Waals surface area contributed by atoms with E-state index in [-0.39, 0.29) is 5.82 Å². The van der Waals surface area contributed by atoms with Gasteiger partial charge in [-0.2, -0.15) is 0 Å². The van der Waals surface area contributed by atoms with E-state index < -0.39 is 0 Å². The van der Waals surface area contributed by atoms with Crippen LogP contribution in [-0.4, -0.2) is 7.05 Å². The van der Waals surface area contributed by atoms with Crippen LogP contribution in [0.25, 0.3) is 0 Å². The van der Waals surface area contributed by atoms with Crippen molar-refractivity contribution in [2.24, 2.45) is 0 Å². The van der Waals surface area contributed by atoms with Crippen molar-refractivity contribution in [2.45, 2.75) is 18.4 Å². The Kier molecular flexibility index (Phi) is 2.88. The zero-order chi connectivity index (χ0) is 12.5. The van der Waals surface area contributed by atoms with Gasteiger partial charge in [-0.3, -0.25) is 0 Å². The van der Waals surface area contributed by atoms with Crippen LogP contribution in [0, 0.1) is 5.82 Å². The summed E-state index contributed by atoms with van der Waals surface area (Å²) in [6.07, 6.45) is 1.04. The Balaban J connectivity index is 2.02. The van der Waals surface area contributed by atoms with Crippen molar-refractivity contribution < 1.29 is 4.39 Å². The topological polar surface area (TPSA) is 12.0 Å². The standard InChI is InChI=1S/C16H16FN/c1-18-16-10-15(11-6-8-12(17)9-7-11)13-4-2-3-5-14(13)16/h2-9,15-16,18H,10H2,1H3/t15-,16+/m0/s1. The Labute approximate surface area is 107 Å². The number of nitrogens with one attached hydrogen (secondary N) is 1. The van der Waals surface area contributed by atoms with Crippen molar-refractivity contribution in [3.8, 4) is 0 Å². The van der Waals surface area contributed by atoms with E-state index >= 15 is 0 Å². The van der Waals surface area contributed by atoms with E-state index in [1.165, 1.54) is 16.7 Å². The molecule has 0 spiro atoms. The zero-order valence-corrected chi connectivity index (χ0v) is 10.4. The molecule has 2 aromatic rings. The van der Waals surface area contributed by atoms with Gasteiger partial charge >= 0.3 is 0 Å². The Morgan fingerprint density at radius 1 is 1.00 bits per heavy atom. The predicted molar refractivity (Wildman–Crippen MR) is 71.1 cm³/mol. The molecule has 0 saturated heterocycles. The average Bonchev–Trinajstić information content (AvgIpc) is 2.79. The normalized spacial score (nSPS) is 21.9. The van der Waals surface area contributed by atoms with E-state index in [4.69, 9.17) is 0 Å². The highest BCUT2D eigenvalue weighted by molar-refractivity contribution is 5.44. The second-order valence-corrected chi connectivity index (χ2v) is 4.81. The van der Waals surface area contributed by atoms with Gasteiger partial charge in [-0.15, -0.1) is 0 Å². The molecule has 18 heavy (non-hydrogen) atoms. The molecule has 0 unspecified atom stereocenters. The smallest absolute Gasteiger partial charge is 0.123 e. The number of halogens is 1. The monoisotopic (exact) mass is 241 g/mol. The molecule has 0 bridgehead atoms. The lowest BCUT2D eigenvalue weighted by molar-refractivity contribution is 0.563.